The second-order valence-electron chi connectivity index (χ2n) is 10.8. The van der Waals surface area contributed by atoms with Gasteiger partial charge in [0.15, 0.2) is 10.5 Å². The number of hydrogen-bond acceptors (Lipinski definition) is 8. The van der Waals surface area contributed by atoms with Crippen molar-refractivity contribution >= 4 is 40.0 Å². The van der Waals surface area contributed by atoms with E-state index in [1.807, 2.05) is 0 Å². The number of allylic oxidation sites excluding steroid dienone is 1. The number of thioether (sulfide) groups is 1. The molecule has 2 unspecified atom stereocenters. The minimum absolute atomic E-state index is 0.0163. The number of amides is 2. The molecule has 2 aliphatic carbocycles. The van der Waals surface area contributed by atoms with Crippen LogP contribution in [0.1, 0.15) is 60.9 Å². The largest absolute Gasteiger partial charge is 0.495 e. The van der Waals surface area contributed by atoms with Crippen molar-refractivity contribution in [1.29, 1.82) is 0 Å². The molecule has 1 aromatic heterocycles. The van der Waals surface area contributed by atoms with Gasteiger partial charge in [-0.2, -0.15) is 5.10 Å². The number of methoxy groups -OCH3 is 1. The first kappa shape index (κ1) is 26.6. The molecule has 3 N–H and O–H groups in total. The molecule has 0 bridgehead atoms. The van der Waals surface area contributed by atoms with Crippen molar-refractivity contribution in [1.82, 2.24) is 21.0 Å². The molecular formula is C28H30F2N6O3S. The number of alkyl halides is 2. The predicted octanol–water partition coefficient (Wildman–Crippen LogP) is 3.56. The van der Waals surface area contributed by atoms with Gasteiger partial charge in [-0.25, -0.2) is 13.8 Å². The maximum atomic E-state index is 13.7. The Kier molecular flexibility index (Phi) is 7.16. The molecule has 1 aromatic rings. The Bertz CT molecular complexity index is 1380. The molecule has 3 fully saturated rings. The average Bonchev–Trinajstić information content (AvgIpc) is 3.67. The van der Waals surface area contributed by atoms with Crippen molar-refractivity contribution in [3.8, 4) is 11.8 Å². The quantitative estimate of drug-likeness (QED) is 0.451. The Morgan fingerprint density at radius 1 is 1.32 bits per heavy atom. The van der Waals surface area contributed by atoms with E-state index in [1.54, 1.807) is 11.0 Å². The molecule has 0 aromatic carbocycles. The van der Waals surface area contributed by atoms with Crippen molar-refractivity contribution in [3.05, 3.63) is 41.4 Å². The first-order valence-electron chi connectivity index (χ1n) is 13.5. The van der Waals surface area contributed by atoms with E-state index in [9.17, 15) is 18.4 Å². The summed E-state index contributed by atoms with van der Waals surface area (Å²) in [7, 11) is 1.43. The lowest BCUT2D eigenvalue weighted by molar-refractivity contribution is -0.124. The molecule has 1 spiro atoms. The number of pyridine rings is 1. The fourth-order valence-electron chi connectivity index (χ4n) is 5.41. The van der Waals surface area contributed by atoms with Gasteiger partial charge in [-0.3, -0.25) is 19.9 Å². The van der Waals surface area contributed by atoms with Gasteiger partial charge in [0.05, 0.1) is 12.7 Å². The Labute approximate surface area is 235 Å². The Morgan fingerprint density at radius 3 is 2.83 bits per heavy atom. The minimum atomic E-state index is -2.68. The lowest BCUT2D eigenvalue weighted by Crippen LogP contribution is -2.47. The van der Waals surface area contributed by atoms with Gasteiger partial charge in [-0.15, -0.1) is 0 Å². The number of dihydropyridines is 1. The summed E-state index contributed by atoms with van der Waals surface area (Å²) in [5.41, 5.74) is 3.23. The van der Waals surface area contributed by atoms with Gasteiger partial charge < -0.3 is 15.4 Å². The van der Waals surface area contributed by atoms with E-state index in [4.69, 9.17) is 4.74 Å². The highest BCUT2D eigenvalue weighted by molar-refractivity contribution is 8.15. The molecule has 5 aliphatic rings. The fraction of sp³-hybridized carbons (Fsp3) is 0.500. The Hall–Kier alpha value is -3.59. The highest BCUT2D eigenvalue weighted by atomic mass is 32.2. The van der Waals surface area contributed by atoms with Gasteiger partial charge in [0.25, 0.3) is 12.3 Å². The maximum absolute atomic E-state index is 13.7. The third-order valence-electron chi connectivity index (χ3n) is 8.05. The highest BCUT2D eigenvalue weighted by Crippen LogP contribution is 2.49. The molecule has 2 atom stereocenters. The first-order chi connectivity index (χ1) is 19.3. The van der Waals surface area contributed by atoms with Gasteiger partial charge in [0.1, 0.15) is 17.6 Å². The molecule has 4 heterocycles. The summed E-state index contributed by atoms with van der Waals surface area (Å²) in [6, 6.07) is 0.348. The van der Waals surface area contributed by atoms with E-state index < -0.39 is 23.9 Å². The van der Waals surface area contributed by atoms with Crippen LogP contribution in [0.15, 0.2) is 35.4 Å². The van der Waals surface area contributed by atoms with Gasteiger partial charge in [0, 0.05) is 42.4 Å². The van der Waals surface area contributed by atoms with Crippen LogP contribution in [0.5, 0.6) is 0 Å². The normalized spacial score (nSPS) is 25.1. The average molecular weight is 569 g/mol. The monoisotopic (exact) mass is 568 g/mol. The zero-order valence-corrected chi connectivity index (χ0v) is 22.8. The third kappa shape index (κ3) is 5.39. The number of anilines is 1. The molecule has 0 radical (unpaired) electrons. The number of nitrogens with one attached hydrogen (secondary N) is 3. The number of ether oxygens (including phenoxy) is 1. The smallest absolute Gasteiger partial charge is 0.261 e. The van der Waals surface area contributed by atoms with E-state index in [0.717, 1.165) is 38.5 Å². The highest BCUT2D eigenvalue weighted by Gasteiger charge is 2.44. The number of hydrazone groups is 1. The second-order valence-corrected chi connectivity index (χ2v) is 11.9. The van der Waals surface area contributed by atoms with Crippen LogP contribution in [0.25, 0.3) is 5.57 Å². The number of carbonyl (C=O) groups excluding carboxylic acids is 2. The second kappa shape index (κ2) is 10.8. The summed E-state index contributed by atoms with van der Waals surface area (Å²) in [6.07, 6.45) is 8.24. The van der Waals surface area contributed by atoms with Crippen LogP contribution in [-0.4, -0.2) is 53.5 Å². The van der Waals surface area contributed by atoms with Gasteiger partial charge in [0.2, 0.25) is 5.91 Å². The molecule has 2 amide bonds. The third-order valence-corrected chi connectivity index (χ3v) is 8.93. The van der Waals surface area contributed by atoms with Crippen molar-refractivity contribution < 1.29 is 23.1 Å². The molecule has 2 saturated carbocycles. The number of rotatable bonds is 6. The van der Waals surface area contributed by atoms with Crippen LogP contribution < -0.4 is 21.0 Å². The van der Waals surface area contributed by atoms with Crippen LogP contribution in [0.4, 0.5) is 14.6 Å². The van der Waals surface area contributed by atoms with Gasteiger partial charge in [-0.05, 0) is 67.3 Å². The summed E-state index contributed by atoms with van der Waals surface area (Å²) in [5.74, 6) is 6.77. The van der Waals surface area contributed by atoms with E-state index in [0.29, 0.717) is 40.9 Å². The molecule has 210 valence electrons. The summed E-state index contributed by atoms with van der Waals surface area (Å²) in [5, 5.41) is 10.3. The van der Waals surface area contributed by atoms with E-state index in [2.05, 4.69) is 38.0 Å². The van der Waals surface area contributed by atoms with E-state index in [1.165, 1.54) is 37.3 Å². The lowest BCUT2D eigenvalue weighted by atomic mass is 9.63. The first-order valence-corrected chi connectivity index (χ1v) is 14.4. The van der Waals surface area contributed by atoms with Crippen molar-refractivity contribution in [2.45, 2.75) is 62.9 Å². The van der Waals surface area contributed by atoms with Crippen LogP contribution in [0.2, 0.25) is 0 Å². The number of hydrogen-bond donors (Lipinski definition) is 3. The van der Waals surface area contributed by atoms with E-state index >= 15 is 0 Å². The molecule has 1 saturated heterocycles. The summed E-state index contributed by atoms with van der Waals surface area (Å²) >= 11 is 1.29. The molecule has 3 aliphatic heterocycles. The van der Waals surface area contributed by atoms with Crippen molar-refractivity contribution in [2.24, 2.45) is 16.4 Å². The Morgan fingerprint density at radius 2 is 2.15 bits per heavy atom. The summed E-state index contributed by atoms with van der Waals surface area (Å²) in [4.78, 5) is 32.8. The summed E-state index contributed by atoms with van der Waals surface area (Å²) < 4.78 is 32.9. The fourth-order valence-corrected chi connectivity index (χ4v) is 6.12. The zero-order valence-electron chi connectivity index (χ0n) is 22.0. The van der Waals surface area contributed by atoms with Crippen molar-refractivity contribution in [2.75, 3.05) is 18.6 Å². The lowest BCUT2D eigenvalue weighted by Gasteiger charge is -2.47. The maximum Gasteiger partial charge on any atom is 0.261 e. The van der Waals surface area contributed by atoms with Crippen LogP contribution in [0.3, 0.4) is 0 Å². The number of carbonyl (C=O) groups is 2. The predicted molar refractivity (Wildman–Crippen MR) is 148 cm³/mol. The number of halogens is 2. The standard InChI is InChI=1S/C28H30F2N6O3S/c1-39-21-15-31-20(25(29)30)11-18(21)17-12-22(36-10-9-28(7-2-8-28)13-24(36)37)32-14-19(17)26(38)33-27-35-34-23(40-27)6-5-16-3-4-16/h11-12,14-16,20,25,27,31,35H,2-4,7-10,13H2,1H3,(H,33,38). The van der Waals surface area contributed by atoms with Gasteiger partial charge in [-0.1, -0.05) is 12.3 Å². The van der Waals surface area contributed by atoms with Crippen LogP contribution in [0, 0.1) is 23.2 Å². The zero-order chi connectivity index (χ0) is 27.9. The molecular weight excluding hydrogens is 538 g/mol. The SMILES string of the molecule is COC1=CNC(C(F)F)C=C1c1cc(N2CCC3(CCC3)CC2=O)ncc1C(=O)NC1NN=C(C#CC2CC2)S1. The molecule has 6 rings (SSSR count). The van der Waals surface area contributed by atoms with Crippen LogP contribution in [-0.2, 0) is 9.53 Å². The molecule has 40 heavy (non-hydrogen) atoms. The van der Waals surface area contributed by atoms with Gasteiger partial charge >= 0.3 is 0 Å². The minimum Gasteiger partial charge on any atom is -0.495 e. The number of aromatic nitrogens is 1. The van der Waals surface area contributed by atoms with Crippen molar-refractivity contribution in [3.63, 3.8) is 0 Å². The van der Waals surface area contributed by atoms with E-state index in [-0.39, 0.29) is 22.6 Å². The number of piperidine rings is 1. The molecule has 9 nitrogen and oxygen atoms in total. The summed E-state index contributed by atoms with van der Waals surface area (Å²) in [6.45, 7) is 0.523. The number of nitrogens with zero attached hydrogens (tertiary/aromatic N) is 3. The molecule has 12 heteroatoms. The Balaban J connectivity index is 1.29. The van der Waals surface area contributed by atoms with Crippen LogP contribution >= 0.6 is 11.8 Å². The topological polar surface area (TPSA) is 108 Å².